The van der Waals surface area contributed by atoms with Gasteiger partial charge >= 0.3 is 0 Å². The normalized spacial score (nSPS) is 11.0. The maximum absolute atomic E-state index is 13.6. The van der Waals surface area contributed by atoms with E-state index in [0.29, 0.717) is 25.1 Å². The highest BCUT2D eigenvalue weighted by molar-refractivity contribution is 5.96. The molecule has 1 heterocycles. The number of hydrogen-bond donors (Lipinski definition) is 1. The van der Waals surface area contributed by atoms with Gasteiger partial charge in [0.1, 0.15) is 12.3 Å². The summed E-state index contributed by atoms with van der Waals surface area (Å²) in [7, 11) is 1.64. The Morgan fingerprint density at radius 3 is 2.31 bits per heavy atom. The van der Waals surface area contributed by atoms with Crippen LogP contribution in [0.3, 0.4) is 0 Å². The Morgan fingerprint density at radius 2 is 1.61 bits per heavy atom. The molecule has 0 unspecified atom stereocenters. The SMILES string of the molecule is COc1ccc(CN(CCc2c[nH]c3ccccc23)C(=O)CN(C(=O)c2ccccc2)C(C)C)cc1. The maximum Gasteiger partial charge on any atom is 0.254 e. The fourth-order valence-corrected chi connectivity index (χ4v) is 4.32. The number of benzene rings is 3. The van der Waals surface area contributed by atoms with Crippen LogP contribution in [0.15, 0.2) is 85.1 Å². The molecule has 6 nitrogen and oxygen atoms in total. The molecule has 0 saturated heterocycles. The summed E-state index contributed by atoms with van der Waals surface area (Å²) in [6, 6.07) is 24.9. The molecule has 0 aliphatic heterocycles. The number of nitrogens with one attached hydrogen (secondary N) is 1. The molecule has 0 aliphatic rings. The van der Waals surface area contributed by atoms with Gasteiger partial charge < -0.3 is 19.5 Å². The average Bonchev–Trinajstić information content (AvgIpc) is 3.33. The molecule has 0 saturated carbocycles. The molecule has 4 aromatic rings. The van der Waals surface area contributed by atoms with Gasteiger partial charge in [0.25, 0.3) is 5.91 Å². The first-order chi connectivity index (χ1) is 17.5. The molecular weight excluding hydrogens is 450 g/mol. The number of carbonyl (C=O) groups is 2. The summed E-state index contributed by atoms with van der Waals surface area (Å²) in [6.07, 6.45) is 2.72. The lowest BCUT2D eigenvalue weighted by molar-refractivity contribution is -0.132. The Labute approximate surface area is 212 Å². The molecule has 36 heavy (non-hydrogen) atoms. The second kappa shape index (κ2) is 11.6. The number of aromatic nitrogens is 1. The fraction of sp³-hybridized carbons (Fsp3) is 0.267. The van der Waals surface area contributed by atoms with Crippen LogP contribution in [-0.2, 0) is 17.8 Å². The highest BCUT2D eigenvalue weighted by atomic mass is 16.5. The van der Waals surface area contributed by atoms with E-state index < -0.39 is 0 Å². The van der Waals surface area contributed by atoms with Crippen molar-refractivity contribution in [2.45, 2.75) is 32.9 Å². The van der Waals surface area contributed by atoms with Gasteiger partial charge in [-0.1, -0.05) is 48.5 Å². The van der Waals surface area contributed by atoms with Gasteiger partial charge in [-0.25, -0.2) is 0 Å². The second-order valence-corrected chi connectivity index (χ2v) is 9.17. The predicted octanol–water partition coefficient (Wildman–Crippen LogP) is 5.30. The fourth-order valence-electron chi connectivity index (χ4n) is 4.32. The molecule has 0 atom stereocenters. The Hall–Kier alpha value is -4.06. The van der Waals surface area contributed by atoms with Crippen LogP contribution >= 0.6 is 0 Å². The maximum atomic E-state index is 13.6. The van der Waals surface area contributed by atoms with Crippen LogP contribution in [0.25, 0.3) is 10.9 Å². The quantitative estimate of drug-likeness (QED) is 0.333. The summed E-state index contributed by atoms with van der Waals surface area (Å²) in [5.74, 6) is 0.554. The lowest BCUT2D eigenvalue weighted by Gasteiger charge is -2.30. The van der Waals surface area contributed by atoms with Crippen molar-refractivity contribution < 1.29 is 14.3 Å². The number of ether oxygens (including phenoxy) is 1. The summed E-state index contributed by atoms with van der Waals surface area (Å²) in [6.45, 7) is 4.89. The van der Waals surface area contributed by atoms with Crippen LogP contribution in [0.5, 0.6) is 5.75 Å². The molecule has 0 spiro atoms. The zero-order chi connectivity index (χ0) is 25.5. The van der Waals surface area contributed by atoms with Gasteiger partial charge in [-0.15, -0.1) is 0 Å². The number of para-hydroxylation sites is 1. The van der Waals surface area contributed by atoms with E-state index >= 15 is 0 Å². The number of methoxy groups -OCH3 is 1. The van der Waals surface area contributed by atoms with E-state index in [-0.39, 0.29) is 24.4 Å². The summed E-state index contributed by atoms with van der Waals surface area (Å²) < 4.78 is 5.28. The predicted molar refractivity (Wildman–Crippen MR) is 143 cm³/mol. The zero-order valence-electron chi connectivity index (χ0n) is 21.1. The molecule has 4 rings (SSSR count). The van der Waals surface area contributed by atoms with E-state index in [1.807, 2.05) is 79.5 Å². The van der Waals surface area contributed by atoms with Crippen molar-refractivity contribution >= 4 is 22.7 Å². The lowest BCUT2D eigenvalue weighted by atomic mass is 10.1. The van der Waals surface area contributed by atoms with Crippen molar-refractivity contribution in [2.75, 3.05) is 20.2 Å². The first-order valence-electron chi connectivity index (χ1n) is 12.3. The van der Waals surface area contributed by atoms with Gasteiger partial charge in [-0.2, -0.15) is 0 Å². The Morgan fingerprint density at radius 1 is 0.917 bits per heavy atom. The van der Waals surface area contributed by atoms with E-state index in [1.54, 1.807) is 24.1 Å². The third-order valence-corrected chi connectivity index (χ3v) is 6.42. The summed E-state index contributed by atoms with van der Waals surface area (Å²) in [4.78, 5) is 33.6. The van der Waals surface area contributed by atoms with Crippen LogP contribution in [0.1, 0.15) is 35.3 Å². The van der Waals surface area contributed by atoms with Gasteiger partial charge in [0, 0.05) is 41.8 Å². The zero-order valence-corrected chi connectivity index (χ0v) is 21.1. The number of amides is 2. The topological polar surface area (TPSA) is 65.6 Å². The summed E-state index contributed by atoms with van der Waals surface area (Å²) >= 11 is 0. The van der Waals surface area contributed by atoms with E-state index in [0.717, 1.165) is 22.2 Å². The molecule has 6 heteroatoms. The van der Waals surface area contributed by atoms with Crippen LogP contribution < -0.4 is 4.74 Å². The number of rotatable bonds is 10. The summed E-state index contributed by atoms with van der Waals surface area (Å²) in [5, 5.41) is 1.16. The van der Waals surface area contributed by atoms with Crippen LogP contribution in [0.2, 0.25) is 0 Å². The molecule has 1 aromatic heterocycles. The second-order valence-electron chi connectivity index (χ2n) is 9.17. The largest absolute Gasteiger partial charge is 0.497 e. The third-order valence-electron chi connectivity index (χ3n) is 6.42. The molecule has 3 aromatic carbocycles. The molecule has 0 radical (unpaired) electrons. The first-order valence-corrected chi connectivity index (χ1v) is 12.3. The van der Waals surface area contributed by atoms with E-state index in [1.165, 1.54) is 5.56 Å². The van der Waals surface area contributed by atoms with E-state index in [2.05, 4.69) is 17.1 Å². The van der Waals surface area contributed by atoms with Gasteiger partial charge in [0.05, 0.1) is 7.11 Å². The van der Waals surface area contributed by atoms with Crippen molar-refractivity contribution in [3.05, 3.63) is 102 Å². The first kappa shape index (κ1) is 25.0. The van der Waals surface area contributed by atoms with Gasteiger partial charge in [0.2, 0.25) is 5.91 Å². The van der Waals surface area contributed by atoms with Crippen molar-refractivity contribution in [1.29, 1.82) is 0 Å². The average molecular weight is 484 g/mol. The molecule has 0 fully saturated rings. The van der Waals surface area contributed by atoms with E-state index in [9.17, 15) is 9.59 Å². The van der Waals surface area contributed by atoms with Crippen molar-refractivity contribution in [1.82, 2.24) is 14.8 Å². The molecule has 186 valence electrons. The minimum absolute atomic E-state index is 0.0232. The number of carbonyl (C=O) groups excluding carboxylic acids is 2. The van der Waals surface area contributed by atoms with Crippen molar-refractivity contribution in [2.24, 2.45) is 0 Å². The summed E-state index contributed by atoms with van der Waals surface area (Å²) in [5.41, 5.74) is 3.84. The Balaban J connectivity index is 1.54. The highest BCUT2D eigenvalue weighted by Gasteiger charge is 2.24. The molecule has 2 amide bonds. The van der Waals surface area contributed by atoms with Gasteiger partial charge in [-0.3, -0.25) is 9.59 Å². The number of H-pyrrole nitrogens is 1. The van der Waals surface area contributed by atoms with Crippen molar-refractivity contribution in [3.8, 4) is 5.75 Å². The lowest BCUT2D eigenvalue weighted by Crippen LogP contribution is -2.46. The number of fused-ring (bicyclic) bond motifs is 1. The number of aromatic amines is 1. The monoisotopic (exact) mass is 483 g/mol. The van der Waals surface area contributed by atoms with Crippen molar-refractivity contribution in [3.63, 3.8) is 0 Å². The highest BCUT2D eigenvalue weighted by Crippen LogP contribution is 2.20. The molecule has 0 aliphatic carbocycles. The van der Waals surface area contributed by atoms with Crippen LogP contribution in [0, 0.1) is 0 Å². The minimum Gasteiger partial charge on any atom is -0.497 e. The standard InChI is InChI=1S/C30H33N3O3/c1-22(2)33(30(35)24-9-5-4-6-10-24)21-29(34)32(20-23-13-15-26(36-3)16-14-23)18-17-25-19-31-28-12-8-7-11-27(25)28/h4-16,19,22,31H,17-18,20-21H2,1-3H3. The smallest absolute Gasteiger partial charge is 0.254 e. The minimum atomic E-state index is -0.139. The van der Waals surface area contributed by atoms with Gasteiger partial charge in [0.15, 0.2) is 0 Å². The van der Waals surface area contributed by atoms with Gasteiger partial charge in [-0.05, 0) is 61.7 Å². The molecule has 0 bridgehead atoms. The molecule has 1 N–H and O–H groups in total. The van der Waals surface area contributed by atoms with Crippen LogP contribution in [0.4, 0.5) is 0 Å². The van der Waals surface area contributed by atoms with Crippen LogP contribution in [-0.4, -0.2) is 52.8 Å². The Bertz CT molecular complexity index is 1300. The van der Waals surface area contributed by atoms with E-state index in [4.69, 9.17) is 4.74 Å². The number of nitrogens with zero attached hydrogens (tertiary/aromatic N) is 2. The number of hydrogen-bond acceptors (Lipinski definition) is 3. The third kappa shape index (κ3) is 5.95. The molecular formula is C30H33N3O3. The Kier molecular flexibility index (Phi) is 8.06.